The molecule has 0 saturated carbocycles. The van der Waals surface area contributed by atoms with Gasteiger partial charge < -0.3 is 5.11 Å². The van der Waals surface area contributed by atoms with Gasteiger partial charge in [-0.05, 0) is 54.2 Å². The molecule has 0 heterocycles. The highest BCUT2D eigenvalue weighted by Gasteiger charge is 2.03. The smallest absolute Gasteiger partial charge is 0.0442 e. The van der Waals surface area contributed by atoms with E-state index in [2.05, 4.69) is 46.3 Å². The monoisotopic (exact) mass is 338 g/mol. The molecule has 0 aromatic heterocycles. The van der Waals surface area contributed by atoms with Crippen molar-refractivity contribution in [3.8, 4) is 0 Å². The average Bonchev–Trinajstić information content (AvgIpc) is 2.42. The van der Waals surface area contributed by atoms with Crippen molar-refractivity contribution in [1.82, 2.24) is 0 Å². The van der Waals surface area contributed by atoms with Crippen molar-refractivity contribution in [3.63, 3.8) is 0 Å². The number of aliphatic hydroxyl groups excluding tert-OH is 1. The Morgan fingerprint density at radius 2 is 1.68 bits per heavy atom. The van der Waals surface area contributed by atoms with E-state index in [1.807, 2.05) is 12.1 Å². The normalized spacial score (nSPS) is 10.7. The Balaban J connectivity index is 2.08. The minimum absolute atomic E-state index is 0.245. The van der Waals surface area contributed by atoms with E-state index in [4.69, 9.17) is 16.7 Å². The van der Waals surface area contributed by atoms with Gasteiger partial charge in [-0.1, -0.05) is 51.8 Å². The summed E-state index contributed by atoms with van der Waals surface area (Å²) < 4.78 is 1.05. The maximum Gasteiger partial charge on any atom is 0.0442 e. The predicted molar refractivity (Wildman–Crippen MR) is 83.8 cm³/mol. The van der Waals surface area contributed by atoms with E-state index in [0.717, 1.165) is 34.3 Å². The molecule has 0 spiro atoms. The van der Waals surface area contributed by atoms with Gasteiger partial charge in [0.25, 0.3) is 0 Å². The summed E-state index contributed by atoms with van der Waals surface area (Å²) in [6.45, 7) is 0.245. The van der Waals surface area contributed by atoms with Crippen molar-refractivity contribution >= 4 is 27.5 Å². The van der Waals surface area contributed by atoms with Gasteiger partial charge in [0.05, 0.1) is 0 Å². The van der Waals surface area contributed by atoms with Crippen molar-refractivity contribution in [2.45, 2.75) is 19.3 Å². The Labute approximate surface area is 127 Å². The highest BCUT2D eigenvalue weighted by molar-refractivity contribution is 9.10. The van der Waals surface area contributed by atoms with Crippen molar-refractivity contribution < 1.29 is 5.11 Å². The Morgan fingerprint density at radius 3 is 2.37 bits per heavy atom. The van der Waals surface area contributed by atoms with Crippen LogP contribution >= 0.6 is 27.5 Å². The second kappa shape index (κ2) is 7.09. The van der Waals surface area contributed by atoms with E-state index in [-0.39, 0.29) is 6.61 Å². The van der Waals surface area contributed by atoms with Crippen molar-refractivity contribution in [2.75, 3.05) is 6.61 Å². The Bertz CT molecular complexity index is 537. The Kier molecular flexibility index (Phi) is 5.44. The molecule has 100 valence electrons. The van der Waals surface area contributed by atoms with Crippen molar-refractivity contribution in [1.29, 1.82) is 0 Å². The molecule has 0 saturated heterocycles. The molecule has 0 radical (unpaired) electrons. The van der Waals surface area contributed by atoms with Crippen LogP contribution < -0.4 is 0 Å². The van der Waals surface area contributed by atoms with Gasteiger partial charge in [0.2, 0.25) is 0 Å². The van der Waals surface area contributed by atoms with Crippen LogP contribution in [0.2, 0.25) is 5.02 Å². The highest BCUT2D eigenvalue weighted by atomic mass is 79.9. The second-order valence-electron chi connectivity index (χ2n) is 4.56. The summed E-state index contributed by atoms with van der Waals surface area (Å²) in [5, 5.41) is 9.61. The third kappa shape index (κ3) is 4.34. The second-order valence-corrected chi connectivity index (χ2v) is 5.88. The SMILES string of the molecule is OCCCc1ccc(Cc2cc(Br)ccc2Cl)cc1. The van der Waals surface area contributed by atoms with Crippen LogP contribution in [0.3, 0.4) is 0 Å². The fourth-order valence-corrected chi connectivity index (χ4v) is 2.60. The first-order chi connectivity index (χ1) is 9.19. The summed E-state index contributed by atoms with van der Waals surface area (Å²) >= 11 is 9.66. The molecule has 0 amide bonds. The van der Waals surface area contributed by atoms with Crippen LogP contribution in [0.15, 0.2) is 46.9 Å². The first-order valence-electron chi connectivity index (χ1n) is 6.31. The number of benzene rings is 2. The average molecular weight is 340 g/mol. The lowest BCUT2D eigenvalue weighted by Crippen LogP contribution is -1.92. The van der Waals surface area contributed by atoms with Crippen LogP contribution in [0.4, 0.5) is 0 Å². The zero-order valence-electron chi connectivity index (χ0n) is 10.6. The molecule has 0 bridgehead atoms. The minimum atomic E-state index is 0.245. The first-order valence-corrected chi connectivity index (χ1v) is 7.49. The molecule has 0 atom stereocenters. The Morgan fingerprint density at radius 1 is 1.00 bits per heavy atom. The highest BCUT2D eigenvalue weighted by Crippen LogP contribution is 2.23. The molecule has 0 unspecified atom stereocenters. The maximum absolute atomic E-state index is 8.81. The van der Waals surface area contributed by atoms with E-state index in [9.17, 15) is 0 Å². The minimum Gasteiger partial charge on any atom is -0.396 e. The van der Waals surface area contributed by atoms with Gasteiger partial charge in [0, 0.05) is 16.1 Å². The van der Waals surface area contributed by atoms with Crippen LogP contribution in [0.5, 0.6) is 0 Å². The maximum atomic E-state index is 8.81. The summed E-state index contributed by atoms with van der Waals surface area (Å²) in [5.41, 5.74) is 3.63. The summed E-state index contributed by atoms with van der Waals surface area (Å²) in [5.74, 6) is 0. The van der Waals surface area contributed by atoms with Gasteiger partial charge >= 0.3 is 0 Å². The van der Waals surface area contributed by atoms with E-state index < -0.39 is 0 Å². The Hall–Kier alpha value is -0.830. The zero-order valence-corrected chi connectivity index (χ0v) is 12.9. The fraction of sp³-hybridized carbons (Fsp3) is 0.250. The van der Waals surface area contributed by atoms with Gasteiger partial charge in [0.15, 0.2) is 0 Å². The van der Waals surface area contributed by atoms with Gasteiger partial charge in [-0.2, -0.15) is 0 Å². The van der Waals surface area contributed by atoms with Crippen molar-refractivity contribution in [2.24, 2.45) is 0 Å². The standard InChI is InChI=1S/C16H16BrClO/c17-15-7-8-16(18)14(11-15)10-13-5-3-12(4-6-13)2-1-9-19/h3-8,11,19H,1-2,9-10H2. The zero-order chi connectivity index (χ0) is 13.7. The number of aryl methyl sites for hydroxylation is 1. The lowest BCUT2D eigenvalue weighted by molar-refractivity contribution is 0.288. The molecule has 0 fully saturated rings. The number of aliphatic hydroxyl groups is 1. The molecule has 2 aromatic rings. The lowest BCUT2D eigenvalue weighted by atomic mass is 10.0. The van der Waals surface area contributed by atoms with Crippen LogP contribution in [0.1, 0.15) is 23.1 Å². The first kappa shape index (κ1) is 14.6. The number of hydrogen-bond acceptors (Lipinski definition) is 1. The molecule has 2 rings (SSSR count). The quantitative estimate of drug-likeness (QED) is 0.843. The van der Waals surface area contributed by atoms with Gasteiger partial charge in [0.1, 0.15) is 0 Å². The molecule has 0 aliphatic heterocycles. The molecule has 3 heteroatoms. The predicted octanol–water partition coefficient (Wildman–Crippen LogP) is 4.62. The summed E-state index contributed by atoms with van der Waals surface area (Å²) in [7, 11) is 0. The third-order valence-electron chi connectivity index (χ3n) is 3.05. The number of rotatable bonds is 5. The molecular formula is C16H16BrClO. The molecule has 1 nitrogen and oxygen atoms in total. The van der Waals surface area contributed by atoms with E-state index in [1.165, 1.54) is 11.1 Å². The van der Waals surface area contributed by atoms with Crippen LogP contribution in [0.25, 0.3) is 0 Å². The van der Waals surface area contributed by atoms with Crippen LogP contribution in [-0.4, -0.2) is 11.7 Å². The van der Waals surface area contributed by atoms with Crippen molar-refractivity contribution in [3.05, 3.63) is 68.7 Å². The van der Waals surface area contributed by atoms with Gasteiger partial charge in [-0.15, -0.1) is 0 Å². The molecule has 0 aliphatic rings. The summed E-state index contributed by atoms with van der Waals surface area (Å²) in [6, 6.07) is 14.4. The molecule has 19 heavy (non-hydrogen) atoms. The molecule has 2 aromatic carbocycles. The summed E-state index contributed by atoms with van der Waals surface area (Å²) in [6.07, 6.45) is 2.57. The molecule has 0 aliphatic carbocycles. The van der Waals surface area contributed by atoms with Crippen LogP contribution in [-0.2, 0) is 12.8 Å². The fourth-order valence-electron chi connectivity index (χ4n) is 2.01. The van der Waals surface area contributed by atoms with E-state index >= 15 is 0 Å². The molecular weight excluding hydrogens is 324 g/mol. The van der Waals surface area contributed by atoms with E-state index in [0.29, 0.717) is 0 Å². The van der Waals surface area contributed by atoms with Crippen LogP contribution in [0, 0.1) is 0 Å². The topological polar surface area (TPSA) is 20.2 Å². The lowest BCUT2D eigenvalue weighted by Gasteiger charge is -2.07. The van der Waals surface area contributed by atoms with Gasteiger partial charge in [-0.25, -0.2) is 0 Å². The largest absolute Gasteiger partial charge is 0.396 e. The summed E-state index contributed by atoms with van der Waals surface area (Å²) in [4.78, 5) is 0. The molecule has 1 N–H and O–H groups in total. The number of halogens is 2. The number of hydrogen-bond donors (Lipinski definition) is 1. The third-order valence-corrected chi connectivity index (χ3v) is 3.91. The van der Waals surface area contributed by atoms with E-state index in [1.54, 1.807) is 0 Å². The van der Waals surface area contributed by atoms with Gasteiger partial charge in [-0.3, -0.25) is 0 Å².